The number of rotatable bonds is 4. The summed E-state index contributed by atoms with van der Waals surface area (Å²) < 4.78 is 27.3. The van der Waals surface area contributed by atoms with Crippen LogP contribution in [0.4, 0.5) is 14.6 Å². The smallest absolute Gasteiger partial charge is 0.256 e. The first-order valence-corrected chi connectivity index (χ1v) is 7.43. The molecule has 3 rings (SSSR count). The maximum absolute atomic E-state index is 12.9. The molecule has 0 aliphatic heterocycles. The standard InChI is InChI=1S/C17H12ClF2N3O/c18-15-10-23(9-11-1-5-13(19)6-2-11)22-16(15)21-17(24)12-3-7-14(20)8-4-12/h1-8,10H,9H2,(H,21,22,24). The Balaban J connectivity index is 1.72. The molecule has 0 saturated heterocycles. The summed E-state index contributed by atoms with van der Waals surface area (Å²) >= 11 is 6.08. The van der Waals surface area contributed by atoms with Crippen LogP contribution in [0.2, 0.25) is 5.02 Å². The molecule has 24 heavy (non-hydrogen) atoms. The predicted molar refractivity (Wildman–Crippen MR) is 87.1 cm³/mol. The molecule has 1 heterocycles. The van der Waals surface area contributed by atoms with E-state index in [9.17, 15) is 13.6 Å². The van der Waals surface area contributed by atoms with E-state index in [-0.39, 0.29) is 16.7 Å². The van der Waals surface area contributed by atoms with Crippen molar-refractivity contribution in [3.63, 3.8) is 0 Å². The van der Waals surface area contributed by atoms with E-state index in [1.54, 1.807) is 18.3 Å². The first-order valence-electron chi connectivity index (χ1n) is 7.05. The molecule has 0 spiro atoms. The van der Waals surface area contributed by atoms with E-state index < -0.39 is 11.7 Å². The maximum atomic E-state index is 12.9. The van der Waals surface area contributed by atoms with Gasteiger partial charge in [-0.05, 0) is 42.0 Å². The number of aromatic nitrogens is 2. The topological polar surface area (TPSA) is 46.9 Å². The van der Waals surface area contributed by atoms with Crippen LogP contribution in [0, 0.1) is 11.6 Å². The van der Waals surface area contributed by atoms with Gasteiger partial charge < -0.3 is 5.32 Å². The summed E-state index contributed by atoms with van der Waals surface area (Å²) in [6.45, 7) is 0.381. The highest BCUT2D eigenvalue weighted by Gasteiger charge is 2.12. The number of amides is 1. The highest BCUT2D eigenvalue weighted by Crippen LogP contribution is 2.21. The number of benzene rings is 2. The van der Waals surface area contributed by atoms with Gasteiger partial charge in [0, 0.05) is 11.8 Å². The van der Waals surface area contributed by atoms with Crippen molar-refractivity contribution in [2.45, 2.75) is 6.54 Å². The van der Waals surface area contributed by atoms with Gasteiger partial charge in [-0.2, -0.15) is 5.10 Å². The van der Waals surface area contributed by atoms with Crippen molar-refractivity contribution in [3.05, 3.63) is 82.5 Å². The van der Waals surface area contributed by atoms with Gasteiger partial charge in [0.15, 0.2) is 5.82 Å². The Bertz CT molecular complexity index is 861. The molecule has 3 aromatic rings. The lowest BCUT2D eigenvalue weighted by molar-refractivity contribution is 0.102. The van der Waals surface area contributed by atoms with Gasteiger partial charge in [-0.15, -0.1) is 0 Å². The fourth-order valence-electron chi connectivity index (χ4n) is 2.12. The summed E-state index contributed by atoms with van der Waals surface area (Å²) in [6.07, 6.45) is 1.56. The van der Waals surface area contributed by atoms with Gasteiger partial charge in [0.1, 0.15) is 16.7 Å². The van der Waals surface area contributed by atoms with Crippen LogP contribution in [0.3, 0.4) is 0 Å². The monoisotopic (exact) mass is 347 g/mol. The minimum Gasteiger partial charge on any atom is -0.304 e. The first-order chi connectivity index (χ1) is 11.5. The summed E-state index contributed by atoms with van der Waals surface area (Å²) in [4.78, 5) is 12.1. The van der Waals surface area contributed by atoms with Gasteiger partial charge in [-0.3, -0.25) is 9.48 Å². The highest BCUT2D eigenvalue weighted by molar-refractivity contribution is 6.33. The van der Waals surface area contributed by atoms with Crippen molar-refractivity contribution in [2.75, 3.05) is 5.32 Å². The van der Waals surface area contributed by atoms with Gasteiger partial charge in [-0.25, -0.2) is 8.78 Å². The maximum Gasteiger partial charge on any atom is 0.256 e. The zero-order chi connectivity index (χ0) is 17.1. The second-order valence-electron chi connectivity index (χ2n) is 5.11. The van der Waals surface area contributed by atoms with Gasteiger partial charge in [-0.1, -0.05) is 23.7 Å². The van der Waals surface area contributed by atoms with Crippen molar-refractivity contribution >= 4 is 23.3 Å². The lowest BCUT2D eigenvalue weighted by Crippen LogP contribution is -2.13. The average Bonchev–Trinajstić information content (AvgIpc) is 2.89. The molecule has 1 N–H and O–H groups in total. The largest absolute Gasteiger partial charge is 0.304 e. The summed E-state index contributed by atoms with van der Waals surface area (Å²) in [6, 6.07) is 11.1. The summed E-state index contributed by atoms with van der Waals surface area (Å²) in [7, 11) is 0. The summed E-state index contributed by atoms with van der Waals surface area (Å²) in [5.74, 6) is -0.977. The Labute approximate surface area is 141 Å². The second-order valence-corrected chi connectivity index (χ2v) is 5.52. The molecular weight excluding hydrogens is 336 g/mol. The van der Waals surface area contributed by atoms with E-state index in [0.29, 0.717) is 12.1 Å². The molecule has 0 saturated carbocycles. The molecule has 122 valence electrons. The van der Waals surface area contributed by atoms with Crippen molar-refractivity contribution in [1.29, 1.82) is 0 Å². The third-order valence-corrected chi connectivity index (χ3v) is 3.59. The van der Waals surface area contributed by atoms with Crippen LogP contribution in [0.1, 0.15) is 15.9 Å². The Kier molecular flexibility index (Phi) is 4.57. The van der Waals surface area contributed by atoms with Crippen LogP contribution < -0.4 is 5.32 Å². The van der Waals surface area contributed by atoms with E-state index in [0.717, 1.165) is 5.56 Å². The SMILES string of the molecule is O=C(Nc1nn(Cc2ccc(F)cc2)cc1Cl)c1ccc(F)cc1. The molecule has 2 aromatic carbocycles. The third-order valence-electron chi connectivity index (χ3n) is 3.31. The number of nitrogens with one attached hydrogen (secondary N) is 1. The molecule has 0 fully saturated rings. The molecule has 0 radical (unpaired) electrons. The molecule has 1 amide bonds. The van der Waals surface area contributed by atoms with E-state index in [2.05, 4.69) is 10.4 Å². The van der Waals surface area contributed by atoms with E-state index in [1.165, 1.54) is 41.1 Å². The van der Waals surface area contributed by atoms with E-state index in [4.69, 9.17) is 11.6 Å². The molecule has 0 unspecified atom stereocenters. The van der Waals surface area contributed by atoms with Crippen molar-refractivity contribution in [1.82, 2.24) is 9.78 Å². The number of hydrogen-bond donors (Lipinski definition) is 1. The van der Waals surface area contributed by atoms with Gasteiger partial charge in [0.05, 0.1) is 6.54 Å². The van der Waals surface area contributed by atoms with Crippen LogP contribution in [0.5, 0.6) is 0 Å². The minimum atomic E-state index is -0.441. The minimum absolute atomic E-state index is 0.202. The van der Waals surface area contributed by atoms with Crippen molar-refractivity contribution in [3.8, 4) is 0 Å². The average molecular weight is 348 g/mol. The summed E-state index contributed by atoms with van der Waals surface area (Å²) in [5, 5.41) is 7.04. The zero-order valence-corrected chi connectivity index (χ0v) is 13.1. The summed E-state index contributed by atoms with van der Waals surface area (Å²) in [5.41, 5.74) is 1.13. The van der Waals surface area contributed by atoms with Crippen molar-refractivity contribution in [2.24, 2.45) is 0 Å². The zero-order valence-electron chi connectivity index (χ0n) is 12.3. The number of hydrogen-bond acceptors (Lipinski definition) is 2. The van der Waals surface area contributed by atoms with Crippen LogP contribution >= 0.6 is 11.6 Å². The molecule has 0 aliphatic carbocycles. The number of nitrogens with zero attached hydrogens (tertiary/aromatic N) is 2. The Morgan fingerprint density at radius 2 is 1.62 bits per heavy atom. The number of carbonyl (C=O) groups is 1. The predicted octanol–water partition coefficient (Wildman–Crippen LogP) is 4.12. The molecule has 0 aliphatic rings. The molecule has 7 heteroatoms. The molecule has 1 aromatic heterocycles. The third kappa shape index (κ3) is 3.78. The van der Waals surface area contributed by atoms with Crippen LogP contribution in [-0.4, -0.2) is 15.7 Å². The first kappa shape index (κ1) is 16.1. The van der Waals surface area contributed by atoms with E-state index in [1.807, 2.05) is 0 Å². The van der Waals surface area contributed by atoms with Gasteiger partial charge in [0.2, 0.25) is 0 Å². The Morgan fingerprint density at radius 3 is 2.25 bits per heavy atom. The molecule has 0 bridgehead atoms. The number of anilines is 1. The Morgan fingerprint density at radius 1 is 1.04 bits per heavy atom. The molecule has 0 atom stereocenters. The van der Waals surface area contributed by atoms with Crippen LogP contribution in [-0.2, 0) is 6.54 Å². The van der Waals surface area contributed by atoms with E-state index >= 15 is 0 Å². The second kappa shape index (κ2) is 6.80. The fourth-order valence-corrected chi connectivity index (χ4v) is 2.32. The normalized spacial score (nSPS) is 10.6. The molecular formula is C17H12ClF2N3O. The quantitative estimate of drug-likeness (QED) is 0.772. The number of halogens is 3. The lowest BCUT2D eigenvalue weighted by atomic mass is 10.2. The highest BCUT2D eigenvalue weighted by atomic mass is 35.5. The van der Waals surface area contributed by atoms with Crippen molar-refractivity contribution < 1.29 is 13.6 Å². The van der Waals surface area contributed by atoms with Gasteiger partial charge >= 0.3 is 0 Å². The molecule has 4 nitrogen and oxygen atoms in total. The number of carbonyl (C=O) groups excluding carboxylic acids is 1. The van der Waals surface area contributed by atoms with Crippen LogP contribution in [0.25, 0.3) is 0 Å². The Hall–Kier alpha value is -2.73. The fraction of sp³-hybridized carbons (Fsp3) is 0.0588. The van der Waals surface area contributed by atoms with Crippen LogP contribution in [0.15, 0.2) is 54.7 Å². The lowest BCUT2D eigenvalue weighted by Gasteiger charge is -2.03. The van der Waals surface area contributed by atoms with Gasteiger partial charge in [0.25, 0.3) is 5.91 Å².